The van der Waals surface area contributed by atoms with E-state index in [1.807, 2.05) is 60.7 Å². The topological polar surface area (TPSA) is 237 Å². The number of ether oxygens (including phenoxy) is 8. The van der Waals surface area contributed by atoms with Gasteiger partial charge in [-0.25, -0.2) is 46.3 Å². The van der Waals surface area contributed by atoms with Gasteiger partial charge in [-0.15, -0.1) is 10.2 Å². The van der Waals surface area contributed by atoms with Crippen molar-refractivity contribution in [3.05, 3.63) is 222 Å². The minimum absolute atomic E-state index is 0.00845. The standard InChI is InChI=1S/C68H58Cl6F4N14O10/c1-33-79-65(91(83-33)49-25-39(69)15-17-41(49)71)63-61(57(59-51(99-63)29-97-67(101-59)35-11-7-5-8-12-35)89-27-47(81-85-89)37-21-43(75)55(73)44(76)22-37)95-31-53(93)87(3)19-20-88(4)54(94)32-96-62-58(90-28-48(82-86-90)38-23-45(77)56(74)46(78)24-38)60-52(30-98-68(102-60)36-13-9-6-10-14-36)100-64(62)66-80-34(2)84-92(66)50-26-40(70)16-18-42(50)72/h5-18,21-28,51-52,57-64,67-68H,19-20,29-32H2,1-4H3. The third-order valence-electron chi connectivity index (χ3n) is 17.7. The Labute approximate surface area is 608 Å². The highest BCUT2D eigenvalue weighted by atomic mass is 35.5. The summed E-state index contributed by atoms with van der Waals surface area (Å²) in [5.41, 5.74) is 2.10. The minimum Gasteiger partial charge on any atom is -0.363 e. The van der Waals surface area contributed by atoms with Crippen LogP contribution >= 0.6 is 69.6 Å². The molecule has 2 amide bonds. The van der Waals surface area contributed by atoms with Gasteiger partial charge >= 0.3 is 0 Å². The molecule has 4 fully saturated rings. The van der Waals surface area contributed by atoms with Crippen LogP contribution in [-0.4, -0.2) is 171 Å². The van der Waals surface area contributed by atoms with E-state index in [0.29, 0.717) is 32.5 Å². The molecule has 0 radical (unpaired) electrons. The first kappa shape index (κ1) is 71.0. The van der Waals surface area contributed by atoms with Crippen molar-refractivity contribution in [2.24, 2.45) is 0 Å². The third-order valence-corrected chi connectivity index (χ3v) is 19.5. The zero-order valence-corrected chi connectivity index (χ0v) is 58.5. The van der Waals surface area contributed by atoms with E-state index in [9.17, 15) is 9.59 Å². The van der Waals surface area contributed by atoms with Crippen LogP contribution in [-0.2, 0) is 47.5 Å². The molecular weight excluding hydrogens is 1460 g/mol. The highest BCUT2D eigenvalue weighted by molar-refractivity contribution is 6.35. The van der Waals surface area contributed by atoms with Crippen LogP contribution in [0.2, 0.25) is 30.1 Å². The van der Waals surface area contributed by atoms with Gasteiger partial charge in [0.15, 0.2) is 24.2 Å². The van der Waals surface area contributed by atoms with E-state index in [1.54, 1.807) is 50.2 Å². The van der Waals surface area contributed by atoms with E-state index in [0.717, 1.165) is 24.3 Å². The Kier molecular flexibility index (Phi) is 20.9. The summed E-state index contributed by atoms with van der Waals surface area (Å²) in [6.07, 6.45) is -7.83. The Hall–Kier alpha value is -8.04. The van der Waals surface area contributed by atoms with Crippen LogP contribution in [0.5, 0.6) is 0 Å². The van der Waals surface area contributed by atoms with Crippen LogP contribution in [0.25, 0.3) is 33.9 Å². The lowest BCUT2D eigenvalue weighted by Crippen LogP contribution is -2.58. The molecule has 6 aromatic carbocycles. The van der Waals surface area contributed by atoms with E-state index in [2.05, 4.69) is 20.6 Å². The second-order valence-electron chi connectivity index (χ2n) is 24.4. The van der Waals surface area contributed by atoms with Gasteiger partial charge in [0, 0.05) is 59.5 Å². The summed E-state index contributed by atoms with van der Waals surface area (Å²) in [4.78, 5) is 41.8. The first-order chi connectivity index (χ1) is 49.1. The Morgan fingerprint density at radius 3 is 1.29 bits per heavy atom. The van der Waals surface area contributed by atoms with Crippen LogP contribution < -0.4 is 0 Å². The number of hydrogen-bond donors (Lipinski definition) is 0. The predicted octanol–water partition coefficient (Wildman–Crippen LogP) is 12.4. The van der Waals surface area contributed by atoms with Crippen molar-refractivity contribution < 1.29 is 65.0 Å². The first-order valence-electron chi connectivity index (χ1n) is 31.7. The molecule has 12 unspecified atom stereocenters. The largest absolute Gasteiger partial charge is 0.363 e. The van der Waals surface area contributed by atoms with Crippen molar-refractivity contribution in [2.75, 3.05) is 53.6 Å². The van der Waals surface area contributed by atoms with Gasteiger partial charge < -0.3 is 47.7 Å². The van der Waals surface area contributed by atoms with Crippen molar-refractivity contribution in [3.63, 3.8) is 0 Å². The highest BCUT2D eigenvalue weighted by Crippen LogP contribution is 2.49. The Balaban J connectivity index is 0.755. The van der Waals surface area contributed by atoms with E-state index in [-0.39, 0.29) is 82.2 Å². The number of halogens is 10. The van der Waals surface area contributed by atoms with Crippen molar-refractivity contribution in [3.8, 4) is 33.9 Å². The molecule has 8 heterocycles. The number of aromatic nitrogens is 12. The lowest BCUT2D eigenvalue weighted by atomic mass is 9.90. The SMILES string of the molecule is Cc1nc(C2OC3COC(c4ccccc4)OC3C(n3cc(-c4cc(F)c(Cl)c(F)c4)nn3)C2OCC(=O)N(C)CCN(C)C(=O)COC2C(c3nc(C)nn3-c3cc(Cl)ccc3Cl)OC3COC(c4ccccc4)OC3C2n2cc(-c3cc(F)c(Cl)c(F)c3)nn2)n(-c2cc(Cl)ccc2Cl)n1. The van der Waals surface area contributed by atoms with E-state index in [1.165, 1.54) is 55.0 Å². The summed E-state index contributed by atoms with van der Waals surface area (Å²) in [7, 11) is 3.05. The molecule has 34 heteroatoms. The van der Waals surface area contributed by atoms with Gasteiger partial charge in [-0.3, -0.25) is 9.59 Å². The number of hydrogen-bond acceptors (Lipinski definition) is 18. The summed E-state index contributed by atoms with van der Waals surface area (Å²) in [6, 6.07) is 29.8. The summed E-state index contributed by atoms with van der Waals surface area (Å²) >= 11 is 38.6. The highest BCUT2D eigenvalue weighted by Gasteiger charge is 2.56. The summed E-state index contributed by atoms with van der Waals surface area (Å²) in [5.74, 6) is -4.35. The summed E-state index contributed by atoms with van der Waals surface area (Å²) in [6.45, 7) is 1.86. The molecule has 4 aliphatic rings. The number of nitrogens with zero attached hydrogens (tertiary/aromatic N) is 14. The number of aryl methyl sites for hydroxylation is 2. The molecule has 4 aromatic heterocycles. The molecule has 0 bridgehead atoms. The van der Waals surface area contributed by atoms with Gasteiger partial charge in [0.1, 0.15) is 130 Å². The maximum Gasteiger partial charge on any atom is 0.248 e. The lowest BCUT2D eigenvalue weighted by Gasteiger charge is -2.49. The van der Waals surface area contributed by atoms with Gasteiger partial charge in [0.05, 0.1) is 47.0 Å². The maximum absolute atomic E-state index is 15.1. The van der Waals surface area contributed by atoms with Crippen LogP contribution in [0.4, 0.5) is 17.6 Å². The molecule has 24 nitrogen and oxygen atoms in total. The number of likely N-dealkylation sites (N-methyl/N-ethyl adjacent to an activating group) is 2. The van der Waals surface area contributed by atoms with Gasteiger partial charge in [-0.1, -0.05) is 141 Å². The number of fused-ring (bicyclic) bond motifs is 2. The molecule has 10 aromatic rings. The van der Waals surface area contributed by atoms with Gasteiger partial charge in [0.25, 0.3) is 0 Å². The van der Waals surface area contributed by atoms with Crippen molar-refractivity contribution in [1.82, 2.24) is 69.3 Å². The molecule has 0 spiro atoms. The number of carbonyl (C=O) groups is 2. The number of carbonyl (C=O) groups excluding carboxylic acids is 2. The fourth-order valence-corrected chi connectivity index (χ4v) is 13.6. The van der Waals surface area contributed by atoms with Crippen LogP contribution in [0.15, 0.2) is 134 Å². The average Bonchev–Trinajstić information content (AvgIpc) is 1.43. The van der Waals surface area contributed by atoms with E-state index < -0.39 is 132 Å². The second-order valence-corrected chi connectivity index (χ2v) is 26.9. The fourth-order valence-electron chi connectivity index (χ4n) is 12.7. The van der Waals surface area contributed by atoms with Crippen LogP contribution in [0.3, 0.4) is 0 Å². The fraction of sp³-hybridized carbons (Fsp3) is 0.324. The zero-order chi connectivity index (χ0) is 71.4. The Bertz CT molecular complexity index is 4420. The molecule has 0 aliphatic carbocycles. The summed E-state index contributed by atoms with van der Waals surface area (Å²) in [5, 5.41) is 26.8. The number of amides is 2. The molecule has 4 saturated heterocycles. The molecule has 102 heavy (non-hydrogen) atoms. The zero-order valence-electron chi connectivity index (χ0n) is 54.0. The first-order valence-corrected chi connectivity index (χ1v) is 34.0. The van der Waals surface area contributed by atoms with E-state index in [4.69, 9.17) is 128 Å². The summed E-state index contributed by atoms with van der Waals surface area (Å²) < 4.78 is 120. The molecule has 530 valence electrons. The van der Waals surface area contributed by atoms with Crippen LogP contribution in [0.1, 0.15) is 71.3 Å². The van der Waals surface area contributed by atoms with Gasteiger partial charge in [0.2, 0.25) is 11.8 Å². The van der Waals surface area contributed by atoms with E-state index >= 15 is 17.6 Å². The predicted molar refractivity (Wildman–Crippen MR) is 361 cm³/mol. The normalized spacial score (nSPS) is 23.4. The Morgan fingerprint density at radius 1 is 0.529 bits per heavy atom. The molecular formula is C68H58Cl6F4N14O10. The third kappa shape index (κ3) is 14.5. The molecule has 0 N–H and O–H groups in total. The molecule has 12 atom stereocenters. The molecule has 0 saturated carbocycles. The number of rotatable bonds is 19. The minimum atomic E-state index is -1.29. The van der Waals surface area contributed by atoms with Crippen molar-refractivity contribution >= 4 is 81.4 Å². The monoisotopic (exact) mass is 1520 g/mol. The van der Waals surface area contributed by atoms with Crippen molar-refractivity contribution in [2.45, 2.75) is 87.3 Å². The quantitative estimate of drug-likeness (QED) is 0.0540. The second kappa shape index (κ2) is 30.0. The molecule has 14 rings (SSSR count). The number of benzene rings is 6. The van der Waals surface area contributed by atoms with Gasteiger partial charge in [-0.2, -0.15) is 10.2 Å². The van der Waals surface area contributed by atoms with Crippen molar-refractivity contribution in [1.29, 1.82) is 0 Å². The van der Waals surface area contributed by atoms with Crippen LogP contribution in [0, 0.1) is 37.1 Å². The van der Waals surface area contributed by atoms with Gasteiger partial charge in [-0.05, 0) is 74.5 Å². The smallest absolute Gasteiger partial charge is 0.248 e. The maximum atomic E-state index is 15.1. The Morgan fingerprint density at radius 2 is 0.912 bits per heavy atom. The molecule has 4 aliphatic heterocycles. The average molecular weight is 1520 g/mol. The lowest BCUT2D eigenvalue weighted by molar-refractivity contribution is -0.322.